The number of aliphatic hydroxyl groups excluding tert-OH is 1. The average Bonchev–Trinajstić information content (AvgIpc) is 2.14. The van der Waals surface area contributed by atoms with Gasteiger partial charge in [-0.15, -0.1) is 11.8 Å². The van der Waals surface area contributed by atoms with Crippen molar-refractivity contribution in [2.24, 2.45) is 4.99 Å². The van der Waals surface area contributed by atoms with E-state index in [9.17, 15) is 0 Å². The molecule has 2 nitrogen and oxygen atoms in total. The molecular formula is C5H9NOS. The maximum absolute atomic E-state index is 8.59. The number of hydrogen-bond donors (Lipinski definition) is 1. The number of thioether (sulfide) groups is 1. The minimum absolute atomic E-state index is 0.255. The van der Waals surface area contributed by atoms with E-state index < -0.39 is 0 Å². The van der Waals surface area contributed by atoms with Crippen LogP contribution < -0.4 is 0 Å². The lowest BCUT2D eigenvalue weighted by atomic mass is 10.4. The predicted octanol–water partition coefficient (Wildman–Crippen LogP) is 0.512. The lowest BCUT2D eigenvalue weighted by molar-refractivity contribution is 0.297. The highest BCUT2D eigenvalue weighted by Gasteiger charge is 2.14. The van der Waals surface area contributed by atoms with Crippen molar-refractivity contribution < 1.29 is 5.11 Å². The first-order chi connectivity index (χ1) is 3.83. The lowest BCUT2D eigenvalue weighted by Crippen LogP contribution is -2.07. The van der Waals surface area contributed by atoms with Gasteiger partial charge in [-0.2, -0.15) is 0 Å². The third kappa shape index (κ3) is 1.23. The number of nitrogens with zero attached hydrogens (tertiary/aromatic N) is 1. The summed E-state index contributed by atoms with van der Waals surface area (Å²) in [4.78, 5) is 4.11. The zero-order chi connectivity index (χ0) is 5.98. The van der Waals surface area contributed by atoms with Gasteiger partial charge in [-0.1, -0.05) is 0 Å². The lowest BCUT2D eigenvalue weighted by Gasteiger charge is -1.98. The van der Waals surface area contributed by atoms with Crippen LogP contribution in [-0.4, -0.2) is 28.6 Å². The molecule has 1 atom stereocenters. The van der Waals surface area contributed by atoms with E-state index >= 15 is 0 Å². The second kappa shape index (κ2) is 2.51. The Morgan fingerprint density at radius 1 is 2.00 bits per heavy atom. The number of rotatable bonds is 1. The van der Waals surface area contributed by atoms with Gasteiger partial charge >= 0.3 is 0 Å². The van der Waals surface area contributed by atoms with Crippen LogP contribution in [0, 0.1) is 0 Å². The van der Waals surface area contributed by atoms with Crippen molar-refractivity contribution in [3.05, 3.63) is 0 Å². The first-order valence-corrected chi connectivity index (χ1v) is 3.49. The normalized spacial score (nSPS) is 28.2. The first kappa shape index (κ1) is 6.11. The SMILES string of the molecule is CC1=NCC(CO)S1. The average molecular weight is 131 g/mol. The topological polar surface area (TPSA) is 32.6 Å². The van der Waals surface area contributed by atoms with Crippen LogP contribution in [0.5, 0.6) is 0 Å². The van der Waals surface area contributed by atoms with Gasteiger partial charge in [0.2, 0.25) is 0 Å². The Bertz CT molecular complexity index is 113. The Balaban J connectivity index is 2.32. The van der Waals surface area contributed by atoms with Crippen molar-refractivity contribution >= 4 is 16.8 Å². The monoisotopic (exact) mass is 131 g/mol. The maximum atomic E-state index is 8.59. The summed E-state index contributed by atoms with van der Waals surface area (Å²) >= 11 is 1.67. The van der Waals surface area contributed by atoms with Crippen molar-refractivity contribution in [3.63, 3.8) is 0 Å². The fourth-order valence-electron chi connectivity index (χ4n) is 0.641. The van der Waals surface area contributed by atoms with Crippen LogP contribution in [0.25, 0.3) is 0 Å². The van der Waals surface area contributed by atoms with Crippen molar-refractivity contribution in [2.45, 2.75) is 12.2 Å². The quantitative estimate of drug-likeness (QED) is 0.562. The summed E-state index contributed by atoms with van der Waals surface area (Å²) in [5.74, 6) is 0. The third-order valence-electron chi connectivity index (χ3n) is 1.06. The molecule has 0 saturated heterocycles. The molecule has 0 aromatic heterocycles. The van der Waals surface area contributed by atoms with E-state index in [-0.39, 0.29) is 6.61 Å². The van der Waals surface area contributed by atoms with Gasteiger partial charge in [0.1, 0.15) is 0 Å². The maximum Gasteiger partial charge on any atom is 0.0649 e. The van der Waals surface area contributed by atoms with E-state index in [1.165, 1.54) is 0 Å². The summed E-state index contributed by atoms with van der Waals surface area (Å²) in [5, 5.41) is 10.0. The Morgan fingerprint density at radius 3 is 3.00 bits per heavy atom. The second-order valence-corrected chi connectivity index (χ2v) is 3.28. The molecule has 0 saturated carbocycles. The van der Waals surface area contributed by atoms with Gasteiger partial charge in [0.05, 0.1) is 23.4 Å². The van der Waals surface area contributed by atoms with Gasteiger partial charge < -0.3 is 5.11 Å². The van der Waals surface area contributed by atoms with Gasteiger partial charge in [-0.3, -0.25) is 4.99 Å². The molecule has 46 valence electrons. The summed E-state index contributed by atoms with van der Waals surface area (Å²) < 4.78 is 0. The van der Waals surface area contributed by atoms with Crippen LogP contribution in [0.15, 0.2) is 4.99 Å². The molecular weight excluding hydrogens is 122 g/mol. The standard InChI is InChI=1S/C5H9NOS/c1-4-6-2-5(3-7)8-4/h5,7H,2-3H2,1H3. The van der Waals surface area contributed by atoms with Gasteiger partial charge in [-0.25, -0.2) is 0 Å². The Labute approximate surface area is 53.0 Å². The molecule has 0 aromatic carbocycles. The van der Waals surface area contributed by atoms with Gasteiger partial charge in [0, 0.05) is 0 Å². The summed E-state index contributed by atoms with van der Waals surface area (Å²) in [6.07, 6.45) is 0. The van der Waals surface area contributed by atoms with Crippen molar-refractivity contribution in [1.29, 1.82) is 0 Å². The van der Waals surface area contributed by atoms with Crippen molar-refractivity contribution in [1.82, 2.24) is 0 Å². The summed E-state index contributed by atoms with van der Waals surface area (Å²) in [7, 11) is 0. The van der Waals surface area contributed by atoms with Crippen LogP contribution in [0.3, 0.4) is 0 Å². The predicted molar refractivity (Wildman–Crippen MR) is 36.4 cm³/mol. The second-order valence-electron chi connectivity index (χ2n) is 1.78. The fourth-order valence-corrected chi connectivity index (χ4v) is 1.50. The molecule has 0 spiro atoms. The highest BCUT2D eigenvalue weighted by Crippen LogP contribution is 2.19. The molecule has 8 heavy (non-hydrogen) atoms. The fraction of sp³-hybridized carbons (Fsp3) is 0.800. The molecule has 1 N–H and O–H groups in total. The minimum atomic E-state index is 0.255. The molecule has 1 unspecified atom stereocenters. The molecule has 1 rings (SSSR count). The zero-order valence-electron chi connectivity index (χ0n) is 4.79. The van der Waals surface area contributed by atoms with Crippen LogP contribution in [0.1, 0.15) is 6.92 Å². The summed E-state index contributed by atoms with van der Waals surface area (Å²) in [5.41, 5.74) is 0. The van der Waals surface area contributed by atoms with E-state index in [2.05, 4.69) is 4.99 Å². The van der Waals surface area contributed by atoms with Gasteiger partial charge in [0.15, 0.2) is 0 Å². The Kier molecular flexibility index (Phi) is 1.91. The van der Waals surface area contributed by atoms with Crippen LogP contribution in [0.2, 0.25) is 0 Å². The van der Waals surface area contributed by atoms with Crippen molar-refractivity contribution in [2.75, 3.05) is 13.2 Å². The van der Waals surface area contributed by atoms with Gasteiger partial charge in [-0.05, 0) is 6.92 Å². The Hall–Kier alpha value is -0.0200. The minimum Gasteiger partial charge on any atom is -0.395 e. The Morgan fingerprint density at radius 2 is 2.75 bits per heavy atom. The molecule has 1 heterocycles. The molecule has 0 fully saturated rings. The van der Waals surface area contributed by atoms with E-state index in [4.69, 9.17) is 5.11 Å². The highest BCUT2D eigenvalue weighted by atomic mass is 32.2. The largest absolute Gasteiger partial charge is 0.395 e. The molecule has 0 aliphatic carbocycles. The molecule has 3 heteroatoms. The van der Waals surface area contributed by atoms with E-state index in [1.54, 1.807) is 11.8 Å². The van der Waals surface area contributed by atoms with Crippen LogP contribution in [0.4, 0.5) is 0 Å². The first-order valence-electron chi connectivity index (χ1n) is 2.61. The van der Waals surface area contributed by atoms with Gasteiger partial charge in [0.25, 0.3) is 0 Å². The molecule has 0 radical (unpaired) electrons. The molecule has 0 amide bonds. The molecule has 1 aliphatic rings. The smallest absolute Gasteiger partial charge is 0.0649 e. The molecule has 1 aliphatic heterocycles. The zero-order valence-corrected chi connectivity index (χ0v) is 5.61. The van der Waals surface area contributed by atoms with E-state index in [1.807, 2.05) is 6.92 Å². The number of aliphatic hydroxyl groups is 1. The molecule has 0 aromatic rings. The van der Waals surface area contributed by atoms with E-state index in [0.29, 0.717) is 5.25 Å². The summed E-state index contributed by atoms with van der Waals surface area (Å²) in [6.45, 7) is 3.03. The van der Waals surface area contributed by atoms with E-state index in [0.717, 1.165) is 11.6 Å². The number of hydrogen-bond acceptors (Lipinski definition) is 3. The molecule has 0 bridgehead atoms. The highest BCUT2D eigenvalue weighted by molar-refractivity contribution is 8.14. The number of aliphatic imine (C=N–C) groups is 1. The van der Waals surface area contributed by atoms with Crippen LogP contribution >= 0.6 is 11.8 Å². The third-order valence-corrected chi connectivity index (χ3v) is 2.16. The summed E-state index contributed by atoms with van der Waals surface area (Å²) in [6, 6.07) is 0. The van der Waals surface area contributed by atoms with Crippen molar-refractivity contribution in [3.8, 4) is 0 Å². The van der Waals surface area contributed by atoms with Crippen LogP contribution in [-0.2, 0) is 0 Å².